The Morgan fingerprint density at radius 2 is 2.32 bits per heavy atom. The van der Waals surface area contributed by atoms with Crippen molar-refractivity contribution >= 4 is 5.97 Å². The quantitative estimate of drug-likeness (QED) is 0.885. The summed E-state index contributed by atoms with van der Waals surface area (Å²) in [6.07, 6.45) is 0.303. The summed E-state index contributed by atoms with van der Waals surface area (Å²) in [5, 5.41) is 20.2. The molecule has 0 saturated carbocycles. The Labute approximate surface area is 108 Å². The van der Waals surface area contributed by atoms with E-state index in [0.717, 1.165) is 11.3 Å². The van der Waals surface area contributed by atoms with Crippen LogP contribution in [0.5, 0.6) is 5.75 Å². The van der Waals surface area contributed by atoms with Gasteiger partial charge in [0.2, 0.25) is 0 Å². The van der Waals surface area contributed by atoms with Crippen LogP contribution in [0, 0.1) is 0 Å². The van der Waals surface area contributed by atoms with Gasteiger partial charge >= 0.3 is 5.97 Å². The highest BCUT2D eigenvalue weighted by molar-refractivity contribution is 5.71. The molecule has 1 aliphatic heterocycles. The minimum absolute atomic E-state index is 0.339. The van der Waals surface area contributed by atoms with Gasteiger partial charge in [-0.25, -0.2) is 9.48 Å². The van der Waals surface area contributed by atoms with Crippen molar-refractivity contribution < 1.29 is 14.6 Å². The lowest BCUT2D eigenvalue weighted by Gasteiger charge is -2.13. The van der Waals surface area contributed by atoms with Crippen molar-refractivity contribution in [2.24, 2.45) is 0 Å². The molecule has 1 aliphatic rings. The average Bonchev–Trinajstić information content (AvgIpc) is 3.03. The summed E-state index contributed by atoms with van der Waals surface area (Å²) >= 11 is 0. The average molecular weight is 260 g/mol. The molecule has 3 rings (SSSR count). The summed E-state index contributed by atoms with van der Waals surface area (Å²) in [5.74, 6) is 0.250. The van der Waals surface area contributed by atoms with Gasteiger partial charge in [0, 0.05) is 6.42 Å². The summed E-state index contributed by atoms with van der Waals surface area (Å²) in [6, 6.07) is 6.86. The Morgan fingerprint density at radius 1 is 1.53 bits per heavy atom. The maximum absolute atomic E-state index is 11.0. The highest BCUT2D eigenvalue weighted by atomic mass is 16.5. The van der Waals surface area contributed by atoms with E-state index in [2.05, 4.69) is 15.5 Å². The maximum atomic E-state index is 11.0. The molecule has 1 N–H and O–H groups in total. The molecule has 7 heteroatoms. The molecule has 0 saturated heterocycles. The van der Waals surface area contributed by atoms with E-state index in [1.165, 1.54) is 11.6 Å². The van der Waals surface area contributed by atoms with Gasteiger partial charge in [0.1, 0.15) is 5.75 Å². The Hall–Kier alpha value is -2.44. The molecular weight excluding hydrogens is 248 g/mol. The van der Waals surface area contributed by atoms with Crippen molar-refractivity contribution in [2.75, 3.05) is 0 Å². The summed E-state index contributed by atoms with van der Waals surface area (Å²) in [6.45, 7) is 1.53. The van der Waals surface area contributed by atoms with Crippen molar-refractivity contribution in [3.05, 3.63) is 35.7 Å². The fraction of sp³-hybridized carbons (Fsp3) is 0.333. The van der Waals surface area contributed by atoms with Gasteiger partial charge in [0.15, 0.2) is 18.0 Å². The second-order valence-corrected chi connectivity index (χ2v) is 4.41. The zero-order valence-electron chi connectivity index (χ0n) is 10.2. The van der Waals surface area contributed by atoms with Crippen molar-refractivity contribution in [3.63, 3.8) is 0 Å². The van der Waals surface area contributed by atoms with Crippen LogP contribution in [0.1, 0.15) is 30.5 Å². The highest BCUT2D eigenvalue weighted by Gasteiger charge is 2.31. The number of hydrogen-bond acceptors (Lipinski definition) is 5. The van der Waals surface area contributed by atoms with Crippen LogP contribution in [0.4, 0.5) is 0 Å². The second kappa shape index (κ2) is 4.34. The van der Waals surface area contributed by atoms with E-state index in [4.69, 9.17) is 9.84 Å². The molecule has 2 atom stereocenters. The summed E-state index contributed by atoms with van der Waals surface area (Å²) < 4.78 is 7.06. The first-order chi connectivity index (χ1) is 9.16. The van der Waals surface area contributed by atoms with E-state index < -0.39 is 12.0 Å². The molecule has 1 aromatic heterocycles. The number of carbonyl (C=O) groups is 1. The van der Waals surface area contributed by atoms with E-state index in [1.54, 1.807) is 0 Å². The number of para-hydroxylation sites is 1. The number of rotatable bonds is 3. The fourth-order valence-corrected chi connectivity index (χ4v) is 2.12. The third kappa shape index (κ3) is 1.92. The molecule has 0 radical (unpaired) electrons. The number of aromatic nitrogens is 4. The van der Waals surface area contributed by atoms with Crippen molar-refractivity contribution in [2.45, 2.75) is 25.5 Å². The van der Waals surface area contributed by atoms with Gasteiger partial charge in [-0.2, -0.15) is 0 Å². The minimum Gasteiger partial charge on any atom is -0.482 e. The normalized spacial score (nSPS) is 18.7. The molecule has 7 nitrogen and oxygen atoms in total. The van der Waals surface area contributed by atoms with Gasteiger partial charge in [-0.05, 0) is 29.0 Å². The Bertz CT molecular complexity index is 600. The third-order valence-electron chi connectivity index (χ3n) is 3.18. The van der Waals surface area contributed by atoms with Crippen LogP contribution < -0.4 is 4.74 Å². The van der Waals surface area contributed by atoms with Crippen LogP contribution in [-0.2, 0) is 11.2 Å². The number of hydrogen-bond donors (Lipinski definition) is 1. The number of carboxylic acid groups (broad SMARTS) is 1. The summed E-state index contributed by atoms with van der Waals surface area (Å²) in [4.78, 5) is 11.0. The predicted molar refractivity (Wildman–Crippen MR) is 63.7 cm³/mol. The molecule has 0 bridgehead atoms. The van der Waals surface area contributed by atoms with Crippen LogP contribution in [0.25, 0.3) is 0 Å². The molecular formula is C12H12N4O3. The highest BCUT2D eigenvalue weighted by Crippen LogP contribution is 2.35. The van der Waals surface area contributed by atoms with Gasteiger partial charge in [-0.15, -0.1) is 5.10 Å². The number of tetrazole rings is 1. The van der Waals surface area contributed by atoms with Crippen LogP contribution in [-0.4, -0.2) is 31.3 Å². The summed E-state index contributed by atoms with van der Waals surface area (Å²) in [7, 11) is 0. The largest absolute Gasteiger partial charge is 0.482 e. The SMILES string of the molecule is CC(C(=O)O)n1nnnc1C1Cc2ccccc2O1. The first-order valence-electron chi connectivity index (χ1n) is 5.92. The van der Waals surface area contributed by atoms with Gasteiger partial charge in [-0.3, -0.25) is 0 Å². The number of nitrogens with zero attached hydrogens (tertiary/aromatic N) is 4. The first kappa shape index (κ1) is 11.6. The molecule has 0 fully saturated rings. The first-order valence-corrected chi connectivity index (χ1v) is 5.92. The Morgan fingerprint density at radius 3 is 3.05 bits per heavy atom. The van der Waals surface area contributed by atoms with E-state index in [9.17, 15) is 4.79 Å². The fourth-order valence-electron chi connectivity index (χ4n) is 2.12. The van der Waals surface area contributed by atoms with Crippen LogP contribution in [0.2, 0.25) is 0 Å². The standard InChI is InChI=1S/C12H12N4O3/c1-7(12(17)18)16-11(13-14-15-16)10-6-8-4-2-3-5-9(8)19-10/h2-5,7,10H,6H2,1H3,(H,17,18). The van der Waals surface area contributed by atoms with Gasteiger partial charge in [-0.1, -0.05) is 18.2 Å². The maximum Gasteiger partial charge on any atom is 0.328 e. The van der Waals surface area contributed by atoms with E-state index in [1.807, 2.05) is 24.3 Å². The Balaban J connectivity index is 1.90. The van der Waals surface area contributed by atoms with Crippen molar-refractivity contribution in [3.8, 4) is 5.75 Å². The van der Waals surface area contributed by atoms with Gasteiger partial charge in [0.05, 0.1) is 0 Å². The number of ether oxygens (including phenoxy) is 1. The van der Waals surface area contributed by atoms with E-state index >= 15 is 0 Å². The zero-order valence-corrected chi connectivity index (χ0v) is 10.2. The van der Waals surface area contributed by atoms with E-state index in [0.29, 0.717) is 12.2 Å². The number of benzene rings is 1. The van der Waals surface area contributed by atoms with Crippen molar-refractivity contribution in [1.82, 2.24) is 20.2 Å². The molecule has 19 heavy (non-hydrogen) atoms. The molecule has 0 spiro atoms. The lowest BCUT2D eigenvalue weighted by atomic mass is 10.1. The van der Waals surface area contributed by atoms with Crippen LogP contribution in [0.15, 0.2) is 24.3 Å². The Kier molecular flexibility index (Phi) is 2.66. The predicted octanol–water partition coefficient (Wildman–Crippen LogP) is 0.995. The second-order valence-electron chi connectivity index (χ2n) is 4.41. The van der Waals surface area contributed by atoms with Crippen LogP contribution in [0.3, 0.4) is 0 Å². The zero-order chi connectivity index (χ0) is 13.4. The number of aliphatic carboxylic acids is 1. The smallest absolute Gasteiger partial charge is 0.328 e. The molecule has 2 heterocycles. The van der Waals surface area contributed by atoms with Crippen LogP contribution >= 0.6 is 0 Å². The number of fused-ring (bicyclic) bond motifs is 1. The molecule has 0 amide bonds. The molecule has 2 unspecified atom stereocenters. The molecule has 98 valence electrons. The lowest BCUT2D eigenvalue weighted by molar-refractivity contribution is -0.140. The minimum atomic E-state index is -0.982. The van der Waals surface area contributed by atoms with E-state index in [-0.39, 0.29) is 6.10 Å². The third-order valence-corrected chi connectivity index (χ3v) is 3.18. The lowest BCUT2D eigenvalue weighted by Crippen LogP contribution is -2.22. The summed E-state index contributed by atoms with van der Waals surface area (Å²) in [5.41, 5.74) is 1.07. The topological polar surface area (TPSA) is 90.1 Å². The van der Waals surface area contributed by atoms with Gasteiger partial charge < -0.3 is 9.84 Å². The molecule has 0 aliphatic carbocycles. The van der Waals surface area contributed by atoms with Gasteiger partial charge in [0.25, 0.3) is 0 Å². The molecule has 1 aromatic carbocycles. The van der Waals surface area contributed by atoms with Crippen molar-refractivity contribution in [1.29, 1.82) is 0 Å². The molecule has 2 aromatic rings. The number of carboxylic acids is 1. The monoisotopic (exact) mass is 260 g/mol.